The second kappa shape index (κ2) is 5.83. The Bertz CT molecular complexity index is 643. The number of carbonyl (C=O) groups excluding carboxylic acids is 1. The summed E-state index contributed by atoms with van der Waals surface area (Å²) in [6.45, 7) is 1.35. The van der Waals surface area contributed by atoms with Gasteiger partial charge in [0.25, 0.3) is 0 Å². The first-order chi connectivity index (χ1) is 10.3. The highest BCUT2D eigenvalue weighted by Crippen LogP contribution is 2.17. The third kappa shape index (κ3) is 2.97. The summed E-state index contributed by atoms with van der Waals surface area (Å²) in [5.74, 6) is 1.06. The van der Waals surface area contributed by atoms with Crippen molar-refractivity contribution in [2.45, 2.75) is 12.5 Å². The van der Waals surface area contributed by atoms with Gasteiger partial charge in [0.2, 0.25) is 23.5 Å². The Morgan fingerprint density at radius 1 is 1.43 bits per heavy atom. The Morgan fingerprint density at radius 2 is 2.33 bits per heavy atom. The Balaban J connectivity index is 1.75. The van der Waals surface area contributed by atoms with Crippen LogP contribution in [0.3, 0.4) is 0 Å². The summed E-state index contributed by atoms with van der Waals surface area (Å²) in [6.07, 6.45) is 1.70. The molecular weight excluding hydrogens is 276 g/mol. The van der Waals surface area contributed by atoms with Gasteiger partial charge in [-0.1, -0.05) is 5.16 Å². The van der Waals surface area contributed by atoms with E-state index in [4.69, 9.17) is 9.26 Å². The summed E-state index contributed by atoms with van der Waals surface area (Å²) in [6, 6.07) is 1.26. The highest BCUT2D eigenvalue weighted by atomic mass is 16.5. The van der Waals surface area contributed by atoms with Crippen LogP contribution in [-0.4, -0.2) is 52.3 Å². The highest BCUT2D eigenvalue weighted by Gasteiger charge is 2.24. The van der Waals surface area contributed by atoms with Gasteiger partial charge in [-0.2, -0.15) is 4.98 Å². The zero-order valence-electron chi connectivity index (χ0n) is 11.4. The highest BCUT2D eigenvalue weighted by molar-refractivity contribution is 5.82. The normalized spacial score (nSPS) is 18.3. The molecular formula is C12H14N6O3. The lowest BCUT2D eigenvalue weighted by Crippen LogP contribution is -2.53. The molecule has 1 fully saturated rings. The number of ether oxygens (including phenoxy) is 1. The SMILES string of the molecule is COc1cc(-c2noc(CC3NCCNC3=O)n2)ncn1. The first-order valence-corrected chi connectivity index (χ1v) is 6.46. The Labute approximate surface area is 120 Å². The molecule has 1 unspecified atom stereocenters. The van der Waals surface area contributed by atoms with Crippen LogP contribution in [0.25, 0.3) is 11.5 Å². The molecule has 0 spiro atoms. The molecule has 1 aliphatic rings. The fraction of sp³-hybridized carbons (Fsp3) is 0.417. The van der Waals surface area contributed by atoms with Crippen LogP contribution in [0.15, 0.2) is 16.9 Å². The van der Waals surface area contributed by atoms with Gasteiger partial charge in [0.05, 0.1) is 19.6 Å². The number of hydrogen-bond donors (Lipinski definition) is 2. The first kappa shape index (κ1) is 13.4. The lowest BCUT2D eigenvalue weighted by atomic mass is 10.1. The molecule has 1 saturated heterocycles. The van der Waals surface area contributed by atoms with E-state index in [1.54, 1.807) is 6.07 Å². The summed E-state index contributed by atoms with van der Waals surface area (Å²) >= 11 is 0. The van der Waals surface area contributed by atoms with Gasteiger partial charge in [0, 0.05) is 19.2 Å². The fourth-order valence-corrected chi connectivity index (χ4v) is 2.00. The largest absolute Gasteiger partial charge is 0.481 e. The van der Waals surface area contributed by atoms with Crippen LogP contribution in [0, 0.1) is 0 Å². The predicted molar refractivity (Wildman–Crippen MR) is 70.4 cm³/mol. The standard InChI is InChI=1S/C12H14N6O3/c1-20-9-4-7(15-6-16-9)11-17-10(21-18-11)5-8-12(19)14-3-2-13-8/h4,6,8,13H,2-3,5H2,1H3,(H,14,19). The van der Waals surface area contributed by atoms with Crippen LogP contribution in [-0.2, 0) is 11.2 Å². The number of piperazine rings is 1. The molecule has 2 aromatic heterocycles. The summed E-state index contributed by atoms with van der Waals surface area (Å²) in [7, 11) is 1.52. The van der Waals surface area contributed by atoms with Gasteiger partial charge in [-0.05, 0) is 0 Å². The molecule has 21 heavy (non-hydrogen) atoms. The van der Waals surface area contributed by atoms with Crippen molar-refractivity contribution in [2.24, 2.45) is 0 Å². The number of hydrogen-bond acceptors (Lipinski definition) is 8. The van der Waals surface area contributed by atoms with E-state index in [9.17, 15) is 4.79 Å². The number of nitrogens with one attached hydrogen (secondary N) is 2. The molecule has 1 aliphatic heterocycles. The van der Waals surface area contributed by atoms with E-state index in [1.807, 2.05) is 0 Å². The number of aromatic nitrogens is 4. The molecule has 2 aromatic rings. The van der Waals surface area contributed by atoms with Crippen molar-refractivity contribution >= 4 is 5.91 Å². The van der Waals surface area contributed by atoms with Crippen LogP contribution in [0.5, 0.6) is 5.88 Å². The summed E-state index contributed by atoms with van der Waals surface area (Å²) in [4.78, 5) is 23.9. The van der Waals surface area contributed by atoms with Crippen molar-refractivity contribution in [2.75, 3.05) is 20.2 Å². The molecule has 2 N–H and O–H groups in total. The van der Waals surface area contributed by atoms with E-state index in [0.717, 1.165) is 6.54 Å². The maximum Gasteiger partial charge on any atom is 0.237 e. The summed E-state index contributed by atoms with van der Waals surface area (Å²) in [5.41, 5.74) is 0.498. The van der Waals surface area contributed by atoms with Crippen LogP contribution in [0.1, 0.15) is 5.89 Å². The van der Waals surface area contributed by atoms with Gasteiger partial charge in [-0.25, -0.2) is 9.97 Å². The van der Waals surface area contributed by atoms with Crippen molar-refractivity contribution in [3.8, 4) is 17.4 Å². The summed E-state index contributed by atoms with van der Waals surface area (Å²) < 4.78 is 10.2. The minimum atomic E-state index is -0.355. The van der Waals surface area contributed by atoms with Crippen LogP contribution >= 0.6 is 0 Å². The molecule has 0 aromatic carbocycles. The Morgan fingerprint density at radius 3 is 3.14 bits per heavy atom. The molecule has 3 heterocycles. The molecule has 1 amide bonds. The fourth-order valence-electron chi connectivity index (χ4n) is 2.00. The minimum absolute atomic E-state index is 0.0651. The first-order valence-electron chi connectivity index (χ1n) is 6.46. The third-order valence-corrected chi connectivity index (χ3v) is 3.06. The topological polar surface area (TPSA) is 115 Å². The van der Waals surface area contributed by atoms with E-state index < -0.39 is 0 Å². The molecule has 9 heteroatoms. The van der Waals surface area contributed by atoms with Crippen LogP contribution in [0.2, 0.25) is 0 Å². The van der Waals surface area contributed by atoms with E-state index in [0.29, 0.717) is 36.3 Å². The number of methoxy groups -OCH3 is 1. The van der Waals surface area contributed by atoms with Crippen LogP contribution < -0.4 is 15.4 Å². The van der Waals surface area contributed by atoms with Crippen molar-refractivity contribution < 1.29 is 14.1 Å². The van der Waals surface area contributed by atoms with E-state index >= 15 is 0 Å². The zero-order valence-corrected chi connectivity index (χ0v) is 11.4. The molecule has 0 aliphatic carbocycles. The van der Waals surface area contributed by atoms with Gasteiger partial charge in [0.15, 0.2) is 0 Å². The monoisotopic (exact) mass is 290 g/mol. The third-order valence-electron chi connectivity index (χ3n) is 3.06. The molecule has 0 bridgehead atoms. The van der Waals surface area contributed by atoms with Crippen molar-refractivity contribution in [1.82, 2.24) is 30.7 Å². The lowest BCUT2D eigenvalue weighted by molar-refractivity contribution is -0.124. The molecule has 110 valence electrons. The lowest BCUT2D eigenvalue weighted by Gasteiger charge is -2.21. The second-order valence-corrected chi connectivity index (χ2v) is 4.46. The van der Waals surface area contributed by atoms with Crippen molar-refractivity contribution in [1.29, 1.82) is 0 Å². The number of amides is 1. The quantitative estimate of drug-likeness (QED) is 0.749. The van der Waals surface area contributed by atoms with Gasteiger partial charge in [-0.15, -0.1) is 0 Å². The van der Waals surface area contributed by atoms with Crippen molar-refractivity contribution in [3.63, 3.8) is 0 Å². The zero-order chi connectivity index (χ0) is 14.7. The second-order valence-electron chi connectivity index (χ2n) is 4.46. The number of carbonyl (C=O) groups is 1. The molecule has 1 atom stereocenters. The Kier molecular flexibility index (Phi) is 3.73. The van der Waals surface area contributed by atoms with Gasteiger partial charge >= 0.3 is 0 Å². The average Bonchev–Trinajstić information content (AvgIpc) is 2.98. The predicted octanol–water partition coefficient (Wildman–Crippen LogP) is -0.834. The number of nitrogens with zero attached hydrogens (tertiary/aromatic N) is 4. The number of rotatable bonds is 4. The van der Waals surface area contributed by atoms with Crippen molar-refractivity contribution in [3.05, 3.63) is 18.3 Å². The van der Waals surface area contributed by atoms with Crippen LogP contribution in [0.4, 0.5) is 0 Å². The van der Waals surface area contributed by atoms with Gasteiger partial charge < -0.3 is 19.9 Å². The molecule has 0 saturated carbocycles. The van der Waals surface area contributed by atoms with Gasteiger partial charge in [0.1, 0.15) is 12.0 Å². The van der Waals surface area contributed by atoms with E-state index in [1.165, 1.54) is 13.4 Å². The maximum atomic E-state index is 11.7. The molecule has 9 nitrogen and oxygen atoms in total. The molecule has 3 rings (SSSR count). The van der Waals surface area contributed by atoms with E-state index in [-0.39, 0.29) is 11.9 Å². The minimum Gasteiger partial charge on any atom is -0.481 e. The molecule has 0 radical (unpaired) electrons. The Hall–Kier alpha value is -2.55. The average molecular weight is 290 g/mol. The van der Waals surface area contributed by atoms with Gasteiger partial charge in [-0.3, -0.25) is 4.79 Å². The van der Waals surface area contributed by atoms with E-state index in [2.05, 4.69) is 30.7 Å². The maximum absolute atomic E-state index is 11.7. The smallest absolute Gasteiger partial charge is 0.237 e. The summed E-state index contributed by atoms with van der Waals surface area (Å²) in [5, 5.41) is 9.74.